The summed E-state index contributed by atoms with van der Waals surface area (Å²) in [5.74, 6) is 0. The highest BCUT2D eigenvalue weighted by Crippen LogP contribution is 2.25. The average Bonchev–Trinajstić information content (AvgIpc) is 2.35. The monoisotopic (exact) mass is 284 g/mol. The molecule has 0 spiro atoms. The number of hydrogen-bond donors (Lipinski definition) is 1. The highest BCUT2D eigenvalue weighted by molar-refractivity contribution is 7.89. The van der Waals surface area contributed by atoms with Crippen LogP contribution in [-0.2, 0) is 10.0 Å². The molecule has 5 heteroatoms. The molecule has 0 aliphatic carbocycles. The van der Waals surface area contributed by atoms with Gasteiger partial charge in [-0.2, -0.15) is 4.31 Å². The fraction of sp³-hybridized carbons (Fsp3) is 0.571. The van der Waals surface area contributed by atoms with Gasteiger partial charge in [-0.05, 0) is 50.5 Å². The predicted octanol–water partition coefficient (Wildman–Crippen LogP) is 2.69. The zero-order valence-corrected chi connectivity index (χ0v) is 13.2. The molecule has 0 bridgehead atoms. The second-order valence-electron chi connectivity index (χ2n) is 4.92. The van der Waals surface area contributed by atoms with Crippen LogP contribution in [0.4, 0.5) is 5.69 Å². The molecule has 0 aliphatic heterocycles. The molecule has 0 fully saturated rings. The van der Waals surface area contributed by atoms with E-state index >= 15 is 0 Å². The van der Waals surface area contributed by atoms with Crippen molar-refractivity contribution in [2.45, 2.75) is 52.0 Å². The van der Waals surface area contributed by atoms with Crippen molar-refractivity contribution in [2.75, 3.05) is 12.3 Å². The number of nitrogens with two attached hydrogens (primary N) is 1. The van der Waals surface area contributed by atoms with E-state index in [2.05, 4.69) is 0 Å². The summed E-state index contributed by atoms with van der Waals surface area (Å²) in [6, 6.07) is 3.24. The van der Waals surface area contributed by atoms with Gasteiger partial charge >= 0.3 is 0 Å². The van der Waals surface area contributed by atoms with Crippen molar-refractivity contribution in [1.29, 1.82) is 0 Å². The molecule has 2 N–H and O–H groups in total. The number of nitrogens with zero attached hydrogens (tertiary/aromatic N) is 1. The summed E-state index contributed by atoms with van der Waals surface area (Å²) in [6.07, 6.45) is 0.785. The Bertz CT molecular complexity index is 530. The molecule has 1 aromatic rings. The molecule has 0 saturated carbocycles. The Morgan fingerprint density at radius 2 is 1.84 bits per heavy atom. The predicted molar refractivity (Wildman–Crippen MR) is 79.6 cm³/mol. The third-order valence-corrected chi connectivity index (χ3v) is 5.75. The van der Waals surface area contributed by atoms with Gasteiger partial charge in [0.25, 0.3) is 0 Å². The maximum absolute atomic E-state index is 12.6. The summed E-state index contributed by atoms with van der Waals surface area (Å²) in [7, 11) is -3.47. The van der Waals surface area contributed by atoms with E-state index in [-0.39, 0.29) is 10.9 Å². The molecule has 0 radical (unpaired) electrons. The second kappa shape index (κ2) is 5.92. The Labute approximate surface area is 116 Å². The lowest BCUT2D eigenvalue weighted by Crippen LogP contribution is -2.38. The van der Waals surface area contributed by atoms with Crippen LogP contribution in [0.2, 0.25) is 0 Å². The molecule has 0 saturated heterocycles. The number of rotatable bonds is 5. The lowest BCUT2D eigenvalue weighted by atomic mass is 10.1. The molecule has 0 heterocycles. The Morgan fingerprint density at radius 1 is 1.26 bits per heavy atom. The Kier molecular flexibility index (Phi) is 4.98. The Morgan fingerprint density at radius 3 is 2.26 bits per heavy atom. The maximum atomic E-state index is 12.6. The zero-order valence-electron chi connectivity index (χ0n) is 12.4. The van der Waals surface area contributed by atoms with Gasteiger partial charge in [0.05, 0.1) is 4.90 Å². The number of aryl methyl sites for hydroxylation is 1. The van der Waals surface area contributed by atoms with E-state index in [9.17, 15) is 8.42 Å². The smallest absolute Gasteiger partial charge is 0.243 e. The van der Waals surface area contributed by atoms with E-state index in [0.29, 0.717) is 12.2 Å². The van der Waals surface area contributed by atoms with Gasteiger partial charge in [-0.15, -0.1) is 0 Å². The quantitative estimate of drug-likeness (QED) is 0.846. The van der Waals surface area contributed by atoms with Crippen molar-refractivity contribution in [3.8, 4) is 0 Å². The molecule has 0 aliphatic rings. The van der Waals surface area contributed by atoms with Crippen molar-refractivity contribution < 1.29 is 8.42 Å². The molecular weight excluding hydrogens is 260 g/mol. The summed E-state index contributed by atoms with van der Waals surface area (Å²) >= 11 is 0. The molecule has 1 atom stereocenters. The Hall–Kier alpha value is -1.07. The zero-order chi connectivity index (χ0) is 14.8. The first-order chi connectivity index (χ1) is 8.75. The summed E-state index contributed by atoms with van der Waals surface area (Å²) in [4.78, 5) is 0.287. The van der Waals surface area contributed by atoms with E-state index in [1.54, 1.807) is 12.1 Å². The van der Waals surface area contributed by atoms with Crippen LogP contribution in [0.15, 0.2) is 17.0 Å². The summed E-state index contributed by atoms with van der Waals surface area (Å²) in [5, 5.41) is 0. The van der Waals surface area contributed by atoms with Crippen molar-refractivity contribution >= 4 is 15.7 Å². The summed E-state index contributed by atoms with van der Waals surface area (Å²) in [5.41, 5.74) is 8.25. The molecule has 108 valence electrons. The second-order valence-corrected chi connectivity index (χ2v) is 6.81. The van der Waals surface area contributed by atoms with Gasteiger partial charge in [0.15, 0.2) is 0 Å². The molecule has 19 heavy (non-hydrogen) atoms. The van der Waals surface area contributed by atoms with E-state index in [1.807, 2.05) is 34.6 Å². The molecule has 1 aromatic carbocycles. The van der Waals surface area contributed by atoms with Gasteiger partial charge in [-0.25, -0.2) is 8.42 Å². The number of nitrogen functional groups attached to an aromatic ring is 1. The van der Waals surface area contributed by atoms with Gasteiger partial charge < -0.3 is 5.73 Å². The molecule has 4 nitrogen and oxygen atoms in total. The first kappa shape index (κ1) is 16.0. The molecule has 1 rings (SSSR count). The topological polar surface area (TPSA) is 63.4 Å². The van der Waals surface area contributed by atoms with Gasteiger partial charge in [-0.3, -0.25) is 0 Å². The minimum Gasteiger partial charge on any atom is -0.398 e. The Balaban J connectivity index is 3.34. The third-order valence-electron chi connectivity index (χ3n) is 3.68. The fourth-order valence-electron chi connectivity index (χ4n) is 2.06. The standard InChI is InChI=1S/C14H24N2O2S/c1-6-11(4)16(7-2)19(17,18)13-8-10(3)12(5)14(15)9-13/h8-9,11H,6-7,15H2,1-5H3. The van der Waals surface area contributed by atoms with Crippen LogP contribution in [0, 0.1) is 13.8 Å². The number of sulfonamides is 1. The van der Waals surface area contributed by atoms with Crippen LogP contribution in [0.1, 0.15) is 38.3 Å². The minimum absolute atomic E-state index is 0.0159. The van der Waals surface area contributed by atoms with Crippen molar-refractivity contribution in [1.82, 2.24) is 4.31 Å². The first-order valence-corrected chi connectivity index (χ1v) is 8.08. The van der Waals surface area contributed by atoms with Gasteiger partial charge in [-0.1, -0.05) is 13.8 Å². The highest BCUT2D eigenvalue weighted by Gasteiger charge is 2.27. The van der Waals surface area contributed by atoms with Crippen LogP contribution in [0.25, 0.3) is 0 Å². The van der Waals surface area contributed by atoms with Gasteiger partial charge in [0.2, 0.25) is 10.0 Å². The largest absolute Gasteiger partial charge is 0.398 e. The molecule has 1 unspecified atom stereocenters. The van der Waals surface area contributed by atoms with Crippen LogP contribution < -0.4 is 5.73 Å². The van der Waals surface area contributed by atoms with Crippen LogP contribution in [0.3, 0.4) is 0 Å². The van der Waals surface area contributed by atoms with E-state index in [4.69, 9.17) is 5.73 Å². The van der Waals surface area contributed by atoms with Gasteiger partial charge in [0.1, 0.15) is 0 Å². The molecular formula is C14H24N2O2S. The van der Waals surface area contributed by atoms with Gasteiger partial charge in [0, 0.05) is 18.3 Å². The first-order valence-electron chi connectivity index (χ1n) is 6.64. The lowest BCUT2D eigenvalue weighted by Gasteiger charge is -2.26. The molecule has 0 amide bonds. The van der Waals surface area contributed by atoms with Crippen molar-refractivity contribution in [2.24, 2.45) is 0 Å². The van der Waals surface area contributed by atoms with Crippen LogP contribution in [0.5, 0.6) is 0 Å². The summed E-state index contributed by atoms with van der Waals surface area (Å²) < 4.78 is 26.8. The highest BCUT2D eigenvalue weighted by atomic mass is 32.2. The summed E-state index contributed by atoms with van der Waals surface area (Å²) in [6.45, 7) is 10.00. The van der Waals surface area contributed by atoms with E-state index in [0.717, 1.165) is 17.5 Å². The average molecular weight is 284 g/mol. The lowest BCUT2D eigenvalue weighted by molar-refractivity contribution is 0.342. The fourth-order valence-corrected chi connectivity index (χ4v) is 3.89. The van der Waals surface area contributed by atoms with Crippen LogP contribution in [-0.4, -0.2) is 25.3 Å². The van der Waals surface area contributed by atoms with Crippen molar-refractivity contribution in [3.63, 3.8) is 0 Å². The number of hydrogen-bond acceptors (Lipinski definition) is 3. The normalized spacial score (nSPS) is 13.8. The van der Waals surface area contributed by atoms with Crippen molar-refractivity contribution in [3.05, 3.63) is 23.3 Å². The number of anilines is 1. The third kappa shape index (κ3) is 3.09. The van der Waals surface area contributed by atoms with E-state index in [1.165, 1.54) is 4.31 Å². The molecule has 0 aromatic heterocycles. The maximum Gasteiger partial charge on any atom is 0.243 e. The van der Waals surface area contributed by atoms with Crippen LogP contribution >= 0.6 is 0 Å². The number of benzene rings is 1. The minimum atomic E-state index is -3.47. The van der Waals surface area contributed by atoms with E-state index < -0.39 is 10.0 Å². The SMILES string of the molecule is CCC(C)N(CC)S(=O)(=O)c1cc(C)c(C)c(N)c1.